The Hall–Kier alpha value is -3.16. The molecule has 8 heteroatoms. The number of aliphatic carboxylic acids is 1. The fraction of sp³-hybridized carbons (Fsp3) is 0.429. The van der Waals surface area contributed by atoms with Gasteiger partial charge in [-0.2, -0.15) is 5.10 Å². The molecule has 0 aliphatic heterocycles. The molecule has 0 aliphatic rings. The van der Waals surface area contributed by atoms with Gasteiger partial charge in [-0.05, 0) is 46.2 Å². The van der Waals surface area contributed by atoms with Crippen LogP contribution in [-0.4, -0.2) is 50.2 Å². The maximum absolute atomic E-state index is 13.2. The lowest BCUT2D eigenvalue weighted by Gasteiger charge is -2.18. The molecule has 154 valence electrons. The molecule has 0 saturated heterocycles. The van der Waals surface area contributed by atoms with E-state index < -0.39 is 5.97 Å². The zero-order valence-electron chi connectivity index (χ0n) is 17.4. The SMILES string of the molecule is Cc1cc(-c2cc(C(=O)N(C)CCCC(=O)O)c3cnn(C(C)C)c3n2)c(C)o1. The van der Waals surface area contributed by atoms with Gasteiger partial charge in [-0.25, -0.2) is 9.67 Å². The van der Waals surface area contributed by atoms with Crippen molar-refractivity contribution in [1.29, 1.82) is 0 Å². The molecule has 0 atom stereocenters. The number of pyridine rings is 1. The van der Waals surface area contributed by atoms with E-state index >= 15 is 0 Å². The Kier molecular flexibility index (Phi) is 5.72. The number of carbonyl (C=O) groups excluding carboxylic acids is 1. The lowest BCUT2D eigenvalue weighted by Crippen LogP contribution is -2.28. The number of rotatable bonds is 7. The minimum atomic E-state index is -0.872. The normalized spacial score (nSPS) is 11.4. The molecule has 8 nitrogen and oxygen atoms in total. The number of nitrogens with zero attached hydrogens (tertiary/aromatic N) is 4. The molecule has 3 aromatic heterocycles. The highest BCUT2D eigenvalue weighted by Crippen LogP contribution is 2.30. The number of carboxylic acid groups (broad SMARTS) is 1. The number of furan rings is 1. The molecule has 3 rings (SSSR count). The monoisotopic (exact) mass is 398 g/mol. The van der Waals surface area contributed by atoms with Crippen LogP contribution in [0.15, 0.2) is 22.7 Å². The Morgan fingerprint density at radius 2 is 2.00 bits per heavy atom. The van der Waals surface area contributed by atoms with E-state index in [0.717, 1.165) is 17.1 Å². The van der Waals surface area contributed by atoms with Crippen molar-refractivity contribution < 1.29 is 19.1 Å². The van der Waals surface area contributed by atoms with Gasteiger partial charge in [-0.1, -0.05) is 0 Å². The highest BCUT2D eigenvalue weighted by molar-refractivity contribution is 6.06. The van der Waals surface area contributed by atoms with Gasteiger partial charge in [0.2, 0.25) is 0 Å². The first-order valence-electron chi connectivity index (χ1n) is 9.62. The van der Waals surface area contributed by atoms with E-state index in [1.54, 1.807) is 28.9 Å². The lowest BCUT2D eigenvalue weighted by atomic mass is 10.1. The Bertz CT molecular complexity index is 1060. The van der Waals surface area contributed by atoms with Gasteiger partial charge in [-0.15, -0.1) is 0 Å². The van der Waals surface area contributed by atoms with Crippen LogP contribution in [-0.2, 0) is 4.79 Å². The molecule has 0 unspecified atom stereocenters. The molecule has 0 bridgehead atoms. The van der Waals surface area contributed by atoms with Crippen LogP contribution in [0.5, 0.6) is 0 Å². The standard InChI is InChI=1S/C21H26N4O4/c1-12(2)25-20-17(11-22-25)16(21(28)24(5)8-6-7-19(26)27)10-18(23-20)15-9-13(3)29-14(15)4/h9-12H,6-8H2,1-5H3,(H,26,27). The molecule has 0 radical (unpaired) electrons. The summed E-state index contributed by atoms with van der Waals surface area (Å²) < 4.78 is 7.44. The predicted molar refractivity (Wildman–Crippen MR) is 109 cm³/mol. The molecule has 3 aromatic rings. The number of carbonyl (C=O) groups is 2. The van der Waals surface area contributed by atoms with Gasteiger partial charge in [0.15, 0.2) is 5.65 Å². The molecule has 29 heavy (non-hydrogen) atoms. The second-order valence-electron chi connectivity index (χ2n) is 7.53. The van der Waals surface area contributed by atoms with Crippen LogP contribution in [0.2, 0.25) is 0 Å². The molecule has 3 heterocycles. The predicted octanol–water partition coefficient (Wildman–Crippen LogP) is 3.83. The van der Waals surface area contributed by atoms with Gasteiger partial charge in [0.05, 0.1) is 22.8 Å². The van der Waals surface area contributed by atoms with E-state index in [1.807, 2.05) is 33.8 Å². The van der Waals surface area contributed by atoms with Crippen LogP contribution in [0.3, 0.4) is 0 Å². The van der Waals surface area contributed by atoms with E-state index in [4.69, 9.17) is 14.5 Å². The van der Waals surface area contributed by atoms with Crippen molar-refractivity contribution >= 4 is 22.9 Å². The Labute approximate surface area is 169 Å². The number of amides is 1. The van der Waals surface area contributed by atoms with Crippen molar-refractivity contribution in [2.45, 2.75) is 46.6 Å². The smallest absolute Gasteiger partial charge is 0.303 e. The van der Waals surface area contributed by atoms with E-state index in [9.17, 15) is 9.59 Å². The van der Waals surface area contributed by atoms with Crippen LogP contribution in [0.4, 0.5) is 0 Å². The molecule has 0 fully saturated rings. The molecule has 0 spiro atoms. The van der Waals surface area contributed by atoms with Crippen LogP contribution in [0.1, 0.15) is 54.6 Å². The van der Waals surface area contributed by atoms with Crippen molar-refractivity contribution in [3.05, 3.63) is 35.4 Å². The first-order chi connectivity index (χ1) is 13.7. The zero-order valence-corrected chi connectivity index (χ0v) is 17.4. The maximum Gasteiger partial charge on any atom is 0.303 e. The van der Waals surface area contributed by atoms with E-state index in [2.05, 4.69) is 5.10 Å². The average molecular weight is 398 g/mol. The van der Waals surface area contributed by atoms with Gasteiger partial charge in [-0.3, -0.25) is 9.59 Å². The van der Waals surface area contributed by atoms with Gasteiger partial charge in [0, 0.05) is 31.6 Å². The quantitative estimate of drug-likeness (QED) is 0.649. The van der Waals surface area contributed by atoms with Gasteiger partial charge in [0.25, 0.3) is 5.91 Å². The highest BCUT2D eigenvalue weighted by Gasteiger charge is 2.22. The zero-order chi connectivity index (χ0) is 21.3. The third-order valence-electron chi connectivity index (χ3n) is 4.83. The van der Waals surface area contributed by atoms with E-state index in [1.165, 1.54) is 0 Å². The molecule has 1 amide bonds. The summed E-state index contributed by atoms with van der Waals surface area (Å²) in [6.45, 7) is 8.11. The minimum absolute atomic E-state index is 0.0212. The fourth-order valence-corrected chi connectivity index (χ4v) is 3.37. The number of aromatic nitrogens is 3. The topological polar surface area (TPSA) is 101 Å². The van der Waals surface area contributed by atoms with Gasteiger partial charge >= 0.3 is 5.97 Å². The van der Waals surface area contributed by atoms with Crippen molar-refractivity contribution in [2.24, 2.45) is 0 Å². The number of hydrogen-bond donors (Lipinski definition) is 1. The van der Waals surface area contributed by atoms with Crippen molar-refractivity contribution in [3.63, 3.8) is 0 Å². The summed E-state index contributed by atoms with van der Waals surface area (Å²) in [5.74, 6) is 0.447. The molecule has 0 aliphatic carbocycles. The van der Waals surface area contributed by atoms with Crippen molar-refractivity contribution in [1.82, 2.24) is 19.7 Å². The Balaban J connectivity index is 2.08. The Morgan fingerprint density at radius 3 is 2.59 bits per heavy atom. The largest absolute Gasteiger partial charge is 0.481 e. The van der Waals surface area contributed by atoms with E-state index in [0.29, 0.717) is 35.3 Å². The molecular formula is C21H26N4O4. The van der Waals surface area contributed by atoms with Gasteiger partial charge < -0.3 is 14.4 Å². The van der Waals surface area contributed by atoms with E-state index in [-0.39, 0.29) is 18.4 Å². The summed E-state index contributed by atoms with van der Waals surface area (Å²) in [4.78, 5) is 30.3. The summed E-state index contributed by atoms with van der Waals surface area (Å²) in [7, 11) is 1.68. The van der Waals surface area contributed by atoms with Crippen molar-refractivity contribution in [3.8, 4) is 11.3 Å². The molecule has 0 aromatic carbocycles. The summed E-state index contributed by atoms with van der Waals surface area (Å²) in [5, 5.41) is 13.9. The average Bonchev–Trinajstić information content (AvgIpc) is 3.22. The summed E-state index contributed by atoms with van der Waals surface area (Å²) >= 11 is 0. The third kappa shape index (κ3) is 4.16. The number of fused-ring (bicyclic) bond motifs is 1. The first-order valence-corrected chi connectivity index (χ1v) is 9.62. The molecule has 0 saturated carbocycles. The summed E-state index contributed by atoms with van der Waals surface area (Å²) in [6.07, 6.45) is 2.08. The summed E-state index contributed by atoms with van der Waals surface area (Å²) in [6, 6.07) is 3.76. The third-order valence-corrected chi connectivity index (χ3v) is 4.83. The number of hydrogen-bond acceptors (Lipinski definition) is 5. The van der Waals surface area contributed by atoms with Crippen LogP contribution in [0.25, 0.3) is 22.3 Å². The molecular weight excluding hydrogens is 372 g/mol. The first kappa shape index (κ1) is 20.6. The lowest BCUT2D eigenvalue weighted by molar-refractivity contribution is -0.137. The maximum atomic E-state index is 13.2. The molecule has 1 N–H and O–H groups in total. The second kappa shape index (κ2) is 8.06. The van der Waals surface area contributed by atoms with Crippen molar-refractivity contribution in [2.75, 3.05) is 13.6 Å². The fourth-order valence-electron chi connectivity index (χ4n) is 3.37. The van der Waals surface area contributed by atoms with Gasteiger partial charge in [0.1, 0.15) is 11.5 Å². The van der Waals surface area contributed by atoms with Crippen LogP contribution in [0, 0.1) is 13.8 Å². The Morgan fingerprint density at radius 1 is 1.28 bits per heavy atom. The minimum Gasteiger partial charge on any atom is -0.481 e. The second-order valence-corrected chi connectivity index (χ2v) is 7.53. The highest BCUT2D eigenvalue weighted by atomic mass is 16.4. The summed E-state index contributed by atoms with van der Waals surface area (Å²) in [5.41, 5.74) is 2.62. The number of carboxylic acids is 1. The van der Waals surface area contributed by atoms with Crippen LogP contribution < -0.4 is 0 Å². The number of aryl methyl sites for hydroxylation is 2. The van der Waals surface area contributed by atoms with Crippen LogP contribution >= 0.6 is 0 Å².